The number of aromatic hydroxyl groups is 1. The molecule has 3 N–H and O–H groups in total. The lowest BCUT2D eigenvalue weighted by atomic mass is 9.57. The van der Waals surface area contributed by atoms with E-state index in [2.05, 4.69) is 0 Å². The number of carbonyl (C=O) groups excluding carboxylic acids is 4. The second-order valence-corrected chi connectivity index (χ2v) is 12.7. The normalized spacial score (nSPS) is 25.4. The third-order valence-electron chi connectivity index (χ3n) is 8.47. The van der Waals surface area contributed by atoms with Crippen LogP contribution in [0.4, 0.5) is 0 Å². The zero-order chi connectivity index (χ0) is 28.5. The quantitative estimate of drug-likeness (QED) is 0.283. The largest absolute Gasteiger partial charge is 0.507 e. The number of phenolic OH excluding ortho intramolecular Hbond substituents is 1. The molecule has 7 heteroatoms. The Labute approximate surface area is 223 Å². The van der Waals surface area contributed by atoms with Crippen LogP contribution in [0.5, 0.6) is 5.75 Å². The molecule has 38 heavy (non-hydrogen) atoms. The SMILES string of the molecule is CC(=O)C1=C(C)C[C@H]2C[C@H]3Cc4c(C(=O)CCC(C)C)cc(C(C)(C)C)c(O)c4C(O)=C3C(=O)[C@@]2(O)C1=O. The predicted octanol–water partition coefficient (Wildman–Crippen LogP) is 4.95. The fourth-order valence-corrected chi connectivity index (χ4v) is 6.47. The van der Waals surface area contributed by atoms with Crippen LogP contribution in [0.15, 0.2) is 22.8 Å². The van der Waals surface area contributed by atoms with Crippen molar-refractivity contribution in [3.05, 3.63) is 45.0 Å². The average Bonchev–Trinajstić information content (AvgIpc) is 2.78. The van der Waals surface area contributed by atoms with E-state index in [0.717, 1.165) is 0 Å². The van der Waals surface area contributed by atoms with Gasteiger partial charge in [-0.2, -0.15) is 0 Å². The number of aliphatic hydroxyl groups is 2. The van der Waals surface area contributed by atoms with E-state index in [9.17, 15) is 34.5 Å². The van der Waals surface area contributed by atoms with Gasteiger partial charge in [0.1, 0.15) is 11.5 Å². The molecule has 0 saturated heterocycles. The molecule has 0 radical (unpaired) electrons. The van der Waals surface area contributed by atoms with Crippen molar-refractivity contribution in [2.24, 2.45) is 17.8 Å². The lowest BCUT2D eigenvalue weighted by Crippen LogP contribution is -2.61. The van der Waals surface area contributed by atoms with Crippen LogP contribution in [0.3, 0.4) is 0 Å². The van der Waals surface area contributed by atoms with Crippen molar-refractivity contribution in [1.29, 1.82) is 0 Å². The van der Waals surface area contributed by atoms with Crippen molar-refractivity contribution in [3.63, 3.8) is 0 Å². The highest BCUT2D eigenvalue weighted by Crippen LogP contribution is 2.53. The van der Waals surface area contributed by atoms with Crippen molar-refractivity contribution in [2.45, 2.75) is 91.6 Å². The third kappa shape index (κ3) is 4.15. The number of aliphatic hydroxyl groups excluding tert-OH is 1. The molecule has 0 bridgehead atoms. The highest BCUT2D eigenvalue weighted by Gasteiger charge is 2.60. The number of allylic oxidation sites excluding steroid dienone is 1. The van der Waals surface area contributed by atoms with Gasteiger partial charge < -0.3 is 15.3 Å². The highest BCUT2D eigenvalue weighted by molar-refractivity contribution is 6.33. The number of carbonyl (C=O) groups is 4. The summed E-state index contributed by atoms with van der Waals surface area (Å²) in [5.74, 6) is -4.15. The van der Waals surface area contributed by atoms with Gasteiger partial charge in [0.2, 0.25) is 11.6 Å². The van der Waals surface area contributed by atoms with E-state index in [-0.39, 0.29) is 47.5 Å². The van der Waals surface area contributed by atoms with Crippen molar-refractivity contribution in [1.82, 2.24) is 0 Å². The molecule has 0 aliphatic heterocycles. The zero-order valence-corrected chi connectivity index (χ0v) is 23.3. The summed E-state index contributed by atoms with van der Waals surface area (Å²) >= 11 is 0. The standard InChI is InChI=1S/C31H38O7/c1-14(2)8-9-22(33)19-13-21(30(5,6)7)26(34)25-20(19)12-17-11-18-10-15(3)23(16(4)32)28(36)31(18,38)29(37)24(17)27(25)35/h13-14,17-18,34-35,38H,8-12H2,1-7H3/t17-,18-,31-/m0/s1. The van der Waals surface area contributed by atoms with Gasteiger partial charge in [0.05, 0.1) is 11.1 Å². The van der Waals surface area contributed by atoms with Crippen LogP contribution in [-0.4, -0.2) is 44.1 Å². The molecular weight excluding hydrogens is 484 g/mol. The summed E-state index contributed by atoms with van der Waals surface area (Å²) in [7, 11) is 0. The molecule has 1 aromatic carbocycles. The van der Waals surface area contributed by atoms with Crippen LogP contribution in [0, 0.1) is 17.8 Å². The summed E-state index contributed by atoms with van der Waals surface area (Å²) in [5, 5.41) is 34.4. The first-order valence-electron chi connectivity index (χ1n) is 13.4. The maximum atomic E-state index is 13.8. The molecular formula is C31H38O7. The summed E-state index contributed by atoms with van der Waals surface area (Å²) in [6.45, 7) is 12.6. The summed E-state index contributed by atoms with van der Waals surface area (Å²) in [6.07, 6.45) is 1.64. The average molecular weight is 523 g/mol. The Morgan fingerprint density at radius 3 is 2.29 bits per heavy atom. The van der Waals surface area contributed by atoms with Crippen LogP contribution >= 0.6 is 0 Å². The Bertz CT molecular complexity index is 1330. The van der Waals surface area contributed by atoms with Crippen LogP contribution < -0.4 is 0 Å². The number of hydrogen-bond donors (Lipinski definition) is 3. The zero-order valence-electron chi connectivity index (χ0n) is 23.3. The van der Waals surface area contributed by atoms with Gasteiger partial charge in [-0.25, -0.2) is 0 Å². The molecule has 204 valence electrons. The molecule has 1 fully saturated rings. The molecule has 3 aliphatic rings. The number of ketones is 4. The molecule has 0 amide bonds. The maximum absolute atomic E-state index is 13.8. The molecule has 0 heterocycles. The molecule has 3 atom stereocenters. The van der Waals surface area contributed by atoms with Crippen molar-refractivity contribution < 1.29 is 34.5 Å². The second kappa shape index (κ2) is 9.30. The van der Waals surface area contributed by atoms with E-state index < -0.39 is 46.0 Å². The van der Waals surface area contributed by atoms with Gasteiger partial charge in [-0.05, 0) is 68.4 Å². The van der Waals surface area contributed by atoms with E-state index >= 15 is 0 Å². The Morgan fingerprint density at radius 2 is 1.74 bits per heavy atom. The second-order valence-electron chi connectivity index (χ2n) is 12.7. The monoisotopic (exact) mass is 522 g/mol. The van der Waals surface area contributed by atoms with Crippen molar-refractivity contribution >= 4 is 28.9 Å². The van der Waals surface area contributed by atoms with Gasteiger partial charge >= 0.3 is 0 Å². The summed E-state index contributed by atoms with van der Waals surface area (Å²) in [4.78, 5) is 52.8. The number of phenols is 1. The van der Waals surface area contributed by atoms with E-state index in [1.807, 2.05) is 34.6 Å². The minimum absolute atomic E-state index is 0.0220. The van der Waals surface area contributed by atoms with Crippen molar-refractivity contribution in [2.75, 3.05) is 0 Å². The number of rotatable bonds is 5. The Morgan fingerprint density at radius 1 is 1.11 bits per heavy atom. The molecule has 3 aliphatic carbocycles. The van der Waals surface area contributed by atoms with E-state index in [1.54, 1.807) is 13.0 Å². The molecule has 0 spiro atoms. The summed E-state index contributed by atoms with van der Waals surface area (Å²) in [5.41, 5.74) is -1.37. The Hall–Kier alpha value is -3.06. The number of hydrogen-bond acceptors (Lipinski definition) is 7. The van der Waals surface area contributed by atoms with E-state index in [0.29, 0.717) is 41.0 Å². The molecule has 4 rings (SSSR count). The first-order chi connectivity index (χ1) is 17.5. The fraction of sp³-hybridized carbons (Fsp3) is 0.548. The Balaban J connectivity index is 1.93. The van der Waals surface area contributed by atoms with Crippen molar-refractivity contribution in [3.8, 4) is 5.75 Å². The highest BCUT2D eigenvalue weighted by atomic mass is 16.3. The summed E-state index contributed by atoms with van der Waals surface area (Å²) < 4.78 is 0. The van der Waals surface area contributed by atoms with Gasteiger partial charge in [-0.1, -0.05) is 40.2 Å². The number of Topliss-reactive ketones (excluding diaryl/α,β-unsaturated/α-hetero) is 4. The molecule has 1 aromatic rings. The Kier molecular flexibility index (Phi) is 6.84. The van der Waals surface area contributed by atoms with Gasteiger partial charge in [0, 0.05) is 29.0 Å². The van der Waals surface area contributed by atoms with E-state index in [4.69, 9.17) is 0 Å². The first-order valence-corrected chi connectivity index (χ1v) is 13.4. The van der Waals surface area contributed by atoms with Crippen LogP contribution in [-0.2, 0) is 26.2 Å². The van der Waals surface area contributed by atoms with Gasteiger partial charge in [-0.3, -0.25) is 19.2 Å². The molecule has 7 nitrogen and oxygen atoms in total. The van der Waals surface area contributed by atoms with Gasteiger partial charge in [0.15, 0.2) is 17.2 Å². The molecule has 0 aromatic heterocycles. The third-order valence-corrected chi connectivity index (χ3v) is 8.47. The summed E-state index contributed by atoms with van der Waals surface area (Å²) in [6, 6.07) is 1.71. The van der Waals surface area contributed by atoms with Crippen LogP contribution in [0.2, 0.25) is 0 Å². The number of fused-ring (bicyclic) bond motifs is 3. The molecule has 0 unspecified atom stereocenters. The fourth-order valence-electron chi connectivity index (χ4n) is 6.47. The number of benzene rings is 1. The van der Waals surface area contributed by atoms with E-state index in [1.165, 1.54) is 6.92 Å². The lowest BCUT2D eigenvalue weighted by Gasteiger charge is -2.46. The predicted molar refractivity (Wildman–Crippen MR) is 143 cm³/mol. The minimum atomic E-state index is -2.45. The van der Waals surface area contributed by atoms with Gasteiger partial charge in [0.25, 0.3) is 0 Å². The minimum Gasteiger partial charge on any atom is -0.507 e. The van der Waals surface area contributed by atoms with Gasteiger partial charge in [-0.15, -0.1) is 0 Å². The smallest absolute Gasteiger partial charge is 0.206 e. The van der Waals surface area contributed by atoms with Crippen LogP contribution in [0.25, 0.3) is 5.76 Å². The maximum Gasteiger partial charge on any atom is 0.206 e. The topological polar surface area (TPSA) is 129 Å². The lowest BCUT2D eigenvalue weighted by molar-refractivity contribution is -0.157. The first kappa shape index (κ1) is 28.0. The van der Waals surface area contributed by atoms with Crippen LogP contribution in [0.1, 0.15) is 101 Å². The molecule has 1 saturated carbocycles.